The van der Waals surface area contributed by atoms with Gasteiger partial charge < -0.3 is 10.6 Å². The molecule has 0 unspecified atom stereocenters. The minimum Gasteiger partial charge on any atom is -0.315 e. The van der Waals surface area contributed by atoms with Crippen molar-refractivity contribution in [3.05, 3.63) is 42.1 Å². The molecule has 0 bridgehead atoms. The highest BCUT2D eigenvalue weighted by Gasteiger charge is 2.18. The quantitative estimate of drug-likeness (QED) is 0.837. The van der Waals surface area contributed by atoms with Crippen molar-refractivity contribution in [1.82, 2.24) is 5.32 Å². The largest absolute Gasteiger partial charge is 0.323 e. The van der Waals surface area contributed by atoms with Gasteiger partial charge in [0.1, 0.15) is 0 Å². The van der Waals surface area contributed by atoms with Gasteiger partial charge in [-0.05, 0) is 23.0 Å². The predicted molar refractivity (Wildman–Crippen MR) is 81.3 cm³/mol. The maximum atomic E-state index is 11.8. The number of urea groups is 1. The van der Waals surface area contributed by atoms with E-state index >= 15 is 0 Å². The van der Waals surface area contributed by atoms with Gasteiger partial charge in [-0.2, -0.15) is 0 Å². The first-order valence-corrected chi connectivity index (χ1v) is 6.64. The van der Waals surface area contributed by atoms with Crippen molar-refractivity contribution in [2.45, 2.75) is 40.0 Å². The molecule has 0 heterocycles. The van der Waals surface area contributed by atoms with Gasteiger partial charge in [0.05, 0.1) is 0 Å². The predicted octanol–water partition coefficient (Wildman–Crippen LogP) is 4.28. The molecule has 0 aliphatic carbocycles. The Bertz CT molecular complexity index is 456. The van der Waals surface area contributed by atoms with Crippen LogP contribution in [0.25, 0.3) is 0 Å². The van der Waals surface area contributed by atoms with Gasteiger partial charge >= 0.3 is 6.03 Å². The summed E-state index contributed by atoms with van der Waals surface area (Å²) in [5, 5.41) is 5.60. The fourth-order valence-corrected chi connectivity index (χ4v) is 1.72. The Kier molecular flexibility index (Phi) is 5.16. The van der Waals surface area contributed by atoms with Crippen molar-refractivity contribution in [2.24, 2.45) is 5.92 Å². The number of amides is 2. The molecule has 2 N–H and O–H groups in total. The van der Waals surface area contributed by atoms with Gasteiger partial charge in [-0.1, -0.05) is 58.9 Å². The van der Waals surface area contributed by atoms with Gasteiger partial charge in [0.25, 0.3) is 0 Å². The third kappa shape index (κ3) is 5.16. The molecule has 0 aromatic heterocycles. The summed E-state index contributed by atoms with van der Waals surface area (Å²) in [6, 6.07) is 7.66. The van der Waals surface area contributed by atoms with E-state index in [9.17, 15) is 4.79 Å². The number of nitrogens with one attached hydrogen (secondary N) is 2. The summed E-state index contributed by atoms with van der Waals surface area (Å²) >= 11 is 0. The summed E-state index contributed by atoms with van der Waals surface area (Å²) in [7, 11) is 0. The highest BCUT2D eigenvalue weighted by Crippen LogP contribution is 2.29. The van der Waals surface area contributed by atoms with Crippen LogP contribution < -0.4 is 10.6 Å². The maximum Gasteiger partial charge on any atom is 0.323 e. The number of carbonyl (C=O) groups is 1. The van der Waals surface area contributed by atoms with E-state index < -0.39 is 0 Å². The SMILES string of the molecule is CC(C)/C=C/NC(=O)Nc1ccccc1C(C)(C)C. The van der Waals surface area contributed by atoms with E-state index in [4.69, 9.17) is 0 Å². The van der Waals surface area contributed by atoms with Crippen molar-refractivity contribution >= 4 is 11.7 Å². The average molecular weight is 260 g/mol. The number of para-hydroxylation sites is 1. The summed E-state index contributed by atoms with van der Waals surface area (Å²) < 4.78 is 0. The first kappa shape index (κ1) is 15.3. The van der Waals surface area contributed by atoms with E-state index in [1.807, 2.05) is 30.3 Å². The molecule has 2 amide bonds. The molecule has 0 atom stereocenters. The zero-order chi connectivity index (χ0) is 14.5. The second-order valence-electron chi connectivity index (χ2n) is 6.00. The molecular weight excluding hydrogens is 236 g/mol. The van der Waals surface area contributed by atoms with E-state index in [1.54, 1.807) is 6.20 Å². The Morgan fingerprint density at radius 1 is 1.21 bits per heavy atom. The topological polar surface area (TPSA) is 41.1 Å². The van der Waals surface area contributed by atoms with Crippen LogP contribution in [-0.4, -0.2) is 6.03 Å². The molecule has 0 saturated carbocycles. The summed E-state index contributed by atoms with van der Waals surface area (Å²) in [6.45, 7) is 10.5. The van der Waals surface area contributed by atoms with E-state index in [0.29, 0.717) is 5.92 Å². The number of rotatable bonds is 3. The number of carbonyl (C=O) groups excluding carboxylic acids is 1. The first-order valence-electron chi connectivity index (χ1n) is 6.64. The van der Waals surface area contributed by atoms with Gasteiger partial charge in [-0.25, -0.2) is 4.79 Å². The molecule has 1 rings (SSSR count). The number of anilines is 1. The monoisotopic (exact) mass is 260 g/mol. The molecule has 0 spiro atoms. The summed E-state index contributed by atoms with van der Waals surface area (Å²) in [5.74, 6) is 0.419. The Hall–Kier alpha value is -1.77. The molecule has 0 aliphatic rings. The second-order valence-corrected chi connectivity index (χ2v) is 6.00. The minimum atomic E-state index is -0.214. The molecule has 3 heteroatoms. The molecule has 0 radical (unpaired) electrons. The maximum absolute atomic E-state index is 11.8. The lowest BCUT2D eigenvalue weighted by atomic mass is 9.86. The van der Waals surface area contributed by atoms with Gasteiger partial charge in [0.2, 0.25) is 0 Å². The van der Waals surface area contributed by atoms with E-state index in [2.05, 4.69) is 45.3 Å². The molecule has 1 aromatic rings. The van der Waals surface area contributed by atoms with Crippen LogP contribution in [0.15, 0.2) is 36.5 Å². The highest BCUT2D eigenvalue weighted by molar-refractivity contribution is 5.90. The zero-order valence-corrected chi connectivity index (χ0v) is 12.4. The minimum absolute atomic E-state index is 0.00234. The van der Waals surface area contributed by atoms with Gasteiger partial charge in [0.15, 0.2) is 0 Å². The van der Waals surface area contributed by atoms with Crippen molar-refractivity contribution in [3.63, 3.8) is 0 Å². The van der Waals surface area contributed by atoms with Crippen molar-refractivity contribution in [2.75, 3.05) is 5.32 Å². The van der Waals surface area contributed by atoms with E-state index in [0.717, 1.165) is 11.3 Å². The second kappa shape index (κ2) is 6.41. The van der Waals surface area contributed by atoms with Gasteiger partial charge in [-0.15, -0.1) is 0 Å². The van der Waals surface area contributed by atoms with Gasteiger partial charge in [-0.3, -0.25) is 0 Å². The summed E-state index contributed by atoms with van der Waals surface area (Å²) in [4.78, 5) is 11.8. The molecule has 3 nitrogen and oxygen atoms in total. The number of allylic oxidation sites excluding steroid dienone is 1. The highest BCUT2D eigenvalue weighted by atomic mass is 16.2. The van der Waals surface area contributed by atoms with Crippen LogP contribution >= 0.6 is 0 Å². The van der Waals surface area contributed by atoms with Crippen LogP contribution in [0, 0.1) is 5.92 Å². The lowest BCUT2D eigenvalue weighted by molar-refractivity contribution is 0.255. The van der Waals surface area contributed by atoms with Crippen LogP contribution in [0.5, 0.6) is 0 Å². The average Bonchev–Trinajstić information content (AvgIpc) is 2.27. The number of benzene rings is 1. The van der Waals surface area contributed by atoms with Crippen molar-refractivity contribution in [3.8, 4) is 0 Å². The van der Waals surface area contributed by atoms with Crippen LogP contribution in [0.4, 0.5) is 10.5 Å². The standard InChI is InChI=1S/C16H24N2O/c1-12(2)10-11-17-15(19)18-14-9-7-6-8-13(14)16(3,4)5/h6-12H,1-5H3,(H2,17,18,19)/b11-10+. The fourth-order valence-electron chi connectivity index (χ4n) is 1.72. The normalized spacial score (nSPS) is 11.9. The van der Waals surface area contributed by atoms with E-state index in [1.165, 1.54) is 0 Å². The molecular formula is C16H24N2O. The van der Waals surface area contributed by atoms with Gasteiger partial charge in [0, 0.05) is 11.9 Å². The molecule has 0 fully saturated rings. The molecule has 104 valence electrons. The lowest BCUT2D eigenvalue weighted by Crippen LogP contribution is -2.26. The van der Waals surface area contributed by atoms with Crippen molar-refractivity contribution < 1.29 is 4.79 Å². The molecule has 19 heavy (non-hydrogen) atoms. The lowest BCUT2D eigenvalue weighted by Gasteiger charge is -2.22. The Morgan fingerprint density at radius 2 is 1.84 bits per heavy atom. The molecule has 1 aromatic carbocycles. The van der Waals surface area contributed by atoms with Crippen LogP contribution in [0.2, 0.25) is 0 Å². The summed E-state index contributed by atoms with van der Waals surface area (Å²) in [5.41, 5.74) is 1.97. The van der Waals surface area contributed by atoms with Crippen molar-refractivity contribution in [1.29, 1.82) is 0 Å². The summed E-state index contributed by atoms with van der Waals surface area (Å²) in [6.07, 6.45) is 3.62. The van der Waals surface area contributed by atoms with Crippen LogP contribution in [0.1, 0.15) is 40.2 Å². The Morgan fingerprint density at radius 3 is 2.42 bits per heavy atom. The van der Waals surface area contributed by atoms with Crippen LogP contribution in [0.3, 0.4) is 0 Å². The fraction of sp³-hybridized carbons (Fsp3) is 0.438. The smallest absolute Gasteiger partial charge is 0.315 e. The zero-order valence-electron chi connectivity index (χ0n) is 12.4. The Labute approximate surface area is 116 Å². The molecule has 0 aliphatic heterocycles. The Balaban J connectivity index is 2.75. The third-order valence-electron chi connectivity index (χ3n) is 2.68. The van der Waals surface area contributed by atoms with E-state index in [-0.39, 0.29) is 11.4 Å². The van der Waals surface area contributed by atoms with Crippen LogP contribution in [-0.2, 0) is 5.41 Å². The number of hydrogen-bond acceptors (Lipinski definition) is 1. The molecule has 0 saturated heterocycles. The third-order valence-corrected chi connectivity index (χ3v) is 2.68. The number of hydrogen-bond donors (Lipinski definition) is 2. The first-order chi connectivity index (χ1) is 8.80.